The number of likely N-dealkylation sites (N-methyl/N-ethyl adjacent to an activating group) is 1. The van der Waals surface area contributed by atoms with Crippen molar-refractivity contribution < 1.29 is 18.0 Å². The summed E-state index contributed by atoms with van der Waals surface area (Å²) in [6.07, 6.45) is 1.59. The molecule has 42 heavy (non-hydrogen) atoms. The number of hydrogen-bond donors (Lipinski definition) is 1. The standard InChI is InChI=1S/C30H31F3N6OS2/c1-37-14-20-10-19(37)15-39(20)18-6-7-23(21(11-18)16-2-3-16)35-29-34-13-22(30(31,32)33)26(36-29)24-12-25-27(42-24)28(40)38(8-9-41-25)17-4-5-17/h6-7,11-13,16-17,19-20H,2-5,8-10,14-15H2,1H3,(H,34,35,36)/t19-,20-/m0/s1. The van der Waals surface area contributed by atoms with E-state index in [4.69, 9.17) is 0 Å². The fourth-order valence-electron chi connectivity index (χ4n) is 6.68. The van der Waals surface area contributed by atoms with Gasteiger partial charge in [0.25, 0.3) is 5.91 Å². The van der Waals surface area contributed by atoms with E-state index in [1.807, 2.05) is 11.0 Å². The number of piperazine rings is 1. The molecular weight excluding hydrogens is 581 g/mol. The van der Waals surface area contributed by atoms with Crippen molar-refractivity contribution in [3.63, 3.8) is 0 Å². The second-order valence-electron chi connectivity index (χ2n) is 12.1. The van der Waals surface area contributed by atoms with Crippen molar-refractivity contribution in [2.75, 3.05) is 42.7 Å². The Hall–Kier alpha value is -2.83. The predicted octanol–water partition coefficient (Wildman–Crippen LogP) is 6.45. The maximum Gasteiger partial charge on any atom is 0.420 e. The zero-order valence-corrected chi connectivity index (χ0v) is 24.8. The minimum Gasteiger partial charge on any atom is -0.366 e. The first kappa shape index (κ1) is 26.8. The van der Waals surface area contributed by atoms with Crippen molar-refractivity contribution >= 4 is 46.3 Å². The number of thioether (sulfide) groups is 1. The third-order valence-electron chi connectivity index (χ3n) is 9.20. The lowest BCUT2D eigenvalue weighted by Gasteiger charge is -2.34. The SMILES string of the molecule is CN1C[C@@H]2C[C@H]1CN2c1ccc(Nc2ncc(C(F)(F)F)c(-c3cc4c(s3)C(=O)N(C3CC3)CCS4)n2)c(C2CC2)c1. The van der Waals surface area contributed by atoms with E-state index in [1.54, 1.807) is 6.07 Å². The average molecular weight is 613 g/mol. The van der Waals surface area contributed by atoms with Crippen LogP contribution in [0.3, 0.4) is 0 Å². The number of nitrogens with zero attached hydrogens (tertiary/aromatic N) is 5. The van der Waals surface area contributed by atoms with Crippen LogP contribution in [0.25, 0.3) is 10.6 Å². The molecule has 2 bridgehead atoms. The molecule has 2 aliphatic carbocycles. The lowest BCUT2D eigenvalue weighted by atomic mass is 10.1. The van der Waals surface area contributed by atoms with Gasteiger partial charge < -0.3 is 15.1 Å². The van der Waals surface area contributed by atoms with Gasteiger partial charge in [-0.1, -0.05) is 0 Å². The number of carbonyl (C=O) groups is 1. The lowest BCUT2D eigenvalue weighted by molar-refractivity contribution is -0.137. The van der Waals surface area contributed by atoms with E-state index in [0.29, 0.717) is 34.3 Å². The number of hydrogen-bond acceptors (Lipinski definition) is 8. The molecular formula is C30H31F3N6OS2. The number of rotatable bonds is 6. The first-order valence-corrected chi connectivity index (χ1v) is 16.4. The fraction of sp³-hybridized carbons (Fsp3) is 0.500. The summed E-state index contributed by atoms with van der Waals surface area (Å²) in [6, 6.07) is 9.44. The van der Waals surface area contributed by atoms with Crippen LogP contribution in [0.1, 0.15) is 58.8 Å². The largest absolute Gasteiger partial charge is 0.420 e. The van der Waals surface area contributed by atoms with E-state index < -0.39 is 11.7 Å². The summed E-state index contributed by atoms with van der Waals surface area (Å²) < 4.78 is 42.5. The molecule has 1 amide bonds. The second kappa shape index (κ2) is 9.85. The third-order valence-corrected chi connectivity index (χ3v) is 11.5. The molecule has 3 aromatic rings. The number of carbonyl (C=O) groups excluding carboxylic acids is 1. The van der Waals surface area contributed by atoms with Crippen LogP contribution in [0, 0.1) is 0 Å². The maximum atomic E-state index is 14.2. The number of halogens is 3. The number of amides is 1. The molecule has 0 unspecified atom stereocenters. The quantitative estimate of drug-likeness (QED) is 0.343. The first-order chi connectivity index (χ1) is 20.2. The fourth-order valence-corrected chi connectivity index (χ4v) is 9.00. The van der Waals surface area contributed by atoms with Crippen molar-refractivity contribution in [2.45, 2.75) is 67.2 Å². The molecule has 0 radical (unpaired) electrons. The monoisotopic (exact) mass is 612 g/mol. The molecule has 0 spiro atoms. The normalized spacial score (nSPS) is 24.3. The Morgan fingerprint density at radius 3 is 2.55 bits per heavy atom. The second-order valence-corrected chi connectivity index (χ2v) is 14.3. The van der Waals surface area contributed by atoms with Crippen LogP contribution in [0.2, 0.25) is 0 Å². The summed E-state index contributed by atoms with van der Waals surface area (Å²) in [5.74, 6) is 1.19. The van der Waals surface area contributed by atoms with Gasteiger partial charge in [-0.15, -0.1) is 23.1 Å². The molecule has 2 atom stereocenters. The molecule has 3 aliphatic heterocycles. The molecule has 8 rings (SSSR count). The van der Waals surface area contributed by atoms with Crippen LogP contribution in [0.15, 0.2) is 35.4 Å². The highest BCUT2D eigenvalue weighted by atomic mass is 32.2. The third kappa shape index (κ3) is 4.75. The molecule has 2 saturated heterocycles. The summed E-state index contributed by atoms with van der Waals surface area (Å²) >= 11 is 2.63. The zero-order chi connectivity index (χ0) is 28.7. The van der Waals surface area contributed by atoms with Crippen LogP contribution in [-0.4, -0.2) is 76.2 Å². The molecule has 5 heterocycles. The summed E-state index contributed by atoms with van der Waals surface area (Å²) in [5.41, 5.74) is 2.12. The first-order valence-electron chi connectivity index (χ1n) is 14.6. The minimum absolute atomic E-state index is 0.0817. The minimum atomic E-state index is -4.63. The van der Waals surface area contributed by atoms with E-state index in [1.165, 1.54) is 29.4 Å². The van der Waals surface area contributed by atoms with Gasteiger partial charge in [-0.25, -0.2) is 9.97 Å². The van der Waals surface area contributed by atoms with Gasteiger partial charge in [0.1, 0.15) is 10.4 Å². The number of likely N-dealkylation sites (tertiary alicyclic amines) is 1. The van der Waals surface area contributed by atoms with Crippen LogP contribution < -0.4 is 10.2 Å². The summed E-state index contributed by atoms with van der Waals surface area (Å²) in [7, 11) is 2.19. The molecule has 12 heteroatoms. The number of thiophene rings is 1. The lowest BCUT2D eigenvalue weighted by Crippen LogP contribution is -2.44. The molecule has 7 nitrogen and oxygen atoms in total. The smallest absolute Gasteiger partial charge is 0.366 e. The number of aromatic nitrogens is 2. The molecule has 2 aromatic heterocycles. The summed E-state index contributed by atoms with van der Waals surface area (Å²) in [6.45, 7) is 2.76. The Labute approximate surface area is 250 Å². The van der Waals surface area contributed by atoms with Crippen molar-refractivity contribution in [3.8, 4) is 10.6 Å². The average Bonchev–Trinajstić information content (AvgIpc) is 3.88. The molecule has 1 N–H and O–H groups in total. The van der Waals surface area contributed by atoms with Crippen LogP contribution >= 0.6 is 23.1 Å². The Kier molecular flexibility index (Phi) is 6.28. The van der Waals surface area contributed by atoms with Crippen LogP contribution in [0.5, 0.6) is 0 Å². The zero-order valence-electron chi connectivity index (χ0n) is 23.2. The van der Waals surface area contributed by atoms with Crippen molar-refractivity contribution in [1.29, 1.82) is 0 Å². The van der Waals surface area contributed by atoms with E-state index in [0.717, 1.165) is 72.6 Å². The van der Waals surface area contributed by atoms with E-state index in [9.17, 15) is 18.0 Å². The van der Waals surface area contributed by atoms with Crippen molar-refractivity contribution in [1.82, 2.24) is 19.8 Å². The van der Waals surface area contributed by atoms with Crippen molar-refractivity contribution in [2.24, 2.45) is 0 Å². The van der Waals surface area contributed by atoms with Gasteiger partial charge in [0.05, 0.1) is 10.6 Å². The van der Waals surface area contributed by atoms with Crippen LogP contribution in [-0.2, 0) is 6.18 Å². The number of anilines is 3. The van der Waals surface area contributed by atoms with E-state index >= 15 is 0 Å². The molecule has 4 fully saturated rings. The Morgan fingerprint density at radius 2 is 1.86 bits per heavy atom. The highest BCUT2D eigenvalue weighted by Gasteiger charge is 2.42. The van der Waals surface area contributed by atoms with Gasteiger partial charge in [0.2, 0.25) is 5.95 Å². The van der Waals surface area contributed by atoms with Crippen LogP contribution in [0.4, 0.5) is 30.5 Å². The highest BCUT2D eigenvalue weighted by molar-refractivity contribution is 7.99. The Balaban J connectivity index is 1.12. The Morgan fingerprint density at radius 1 is 1.02 bits per heavy atom. The summed E-state index contributed by atoms with van der Waals surface area (Å²) in [5, 5.41) is 3.26. The van der Waals surface area contributed by atoms with E-state index in [-0.39, 0.29) is 23.6 Å². The van der Waals surface area contributed by atoms with E-state index in [2.05, 4.69) is 44.3 Å². The summed E-state index contributed by atoms with van der Waals surface area (Å²) in [4.78, 5) is 30.2. The van der Waals surface area contributed by atoms with Gasteiger partial charge in [-0.2, -0.15) is 13.2 Å². The van der Waals surface area contributed by atoms with Crippen molar-refractivity contribution in [3.05, 3.63) is 46.5 Å². The van der Waals surface area contributed by atoms with Gasteiger partial charge in [-0.05, 0) is 74.9 Å². The molecule has 1 aromatic carbocycles. The Bertz CT molecular complexity index is 1570. The predicted molar refractivity (Wildman–Crippen MR) is 159 cm³/mol. The maximum absolute atomic E-state index is 14.2. The topological polar surface area (TPSA) is 64.6 Å². The highest BCUT2D eigenvalue weighted by Crippen LogP contribution is 2.47. The molecule has 220 valence electrons. The number of benzene rings is 1. The number of nitrogens with one attached hydrogen (secondary N) is 1. The van der Waals surface area contributed by atoms with Gasteiger partial charge in [0.15, 0.2) is 0 Å². The van der Waals surface area contributed by atoms with Gasteiger partial charge in [0, 0.05) is 66.0 Å². The molecule has 5 aliphatic rings. The number of alkyl halides is 3. The van der Waals surface area contributed by atoms with Gasteiger partial charge >= 0.3 is 6.18 Å². The number of fused-ring (bicyclic) bond motifs is 3. The van der Waals surface area contributed by atoms with Gasteiger partial charge in [-0.3, -0.25) is 9.69 Å². The molecule has 2 saturated carbocycles.